The molecule has 0 saturated heterocycles. The smallest absolute Gasteiger partial charge is 0.387 e. The maximum atomic E-state index is 12.0. The largest absolute Gasteiger partial charge is 0.478 e. The van der Waals surface area contributed by atoms with Crippen LogP contribution in [0.1, 0.15) is 21.5 Å². The van der Waals surface area contributed by atoms with E-state index in [1.54, 1.807) is 0 Å². The second-order valence-corrected chi connectivity index (χ2v) is 3.17. The zero-order valence-corrected chi connectivity index (χ0v) is 9.04. The molecule has 17 heavy (non-hydrogen) atoms. The first kappa shape index (κ1) is 13.2. The van der Waals surface area contributed by atoms with E-state index in [-0.39, 0.29) is 11.4 Å². The quantitative estimate of drug-likeness (QED) is 0.846. The van der Waals surface area contributed by atoms with Crippen molar-refractivity contribution < 1.29 is 23.4 Å². The van der Waals surface area contributed by atoms with Crippen LogP contribution in [0.25, 0.3) is 0 Å². The number of carboxylic acids is 1. The highest BCUT2D eigenvalue weighted by atomic mass is 35.5. The van der Waals surface area contributed by atoms with Crippen LogP contribution in [0, 0.1) is 11.3 Å². The molecule has 0 fully saturated rings. The van der Waals surface area contributed by atoms with E-state index in [0.717, 1.165) is 6.07 Å². The Morgan fingerprint density at radius 2 is 2.24 bits per heavy atom. The highest BCUT2D eigenvalue weighted by molar-refractivity contribution is 6.17. The van der Waals surface area contributed by atoms with Gasteiger partial charge in [0.25, 0.3) is 0 Å². The van der Waals surface area contributed by atoms with Gasteiger partial charge in [0.15, 0.2) is 0 Å². The van der Waals surface area contributed by atoms with Crippen LogP contribution in [-0.4, -0.2) is 17.7 Å². The van der Waals surface area contributed by atoms with Crippen molar-refractivity contribution in [1.82, 2.24) is 0 Å². The number of hydrogen-bond donors (Lipinski definition) is 1. The van der Waals surface area contributed by atoms with Crippen molar-refractivity contribution in [3.8, 4) is 11.8 Å². The van der Waals surface area contributed by atoms with Gasteiger partial charge in [-0.25, -0.2) is 4.79 Å². The lowest BCUT2D eigenvalue weighted by atomic mass is 10.0. The molecule has 0 aliphatic rings. The Morgan fingerprint density at radius 3 is 2.65 bits per heavy atom. The molecule has 1 N–H and O–H groups in total. The zero-order valence-electron chi connectivity index (χ0n) is 8.28. The van der Waals surface area contributed by atoms with Gasteiger partial charge in [-0.3, -0.25) is 0 Å². The van der Waals surface area contributed by atoms with Crippen molar-refractivity contribution >= 4 is 17.6 Å². The van der Waals surface area contributed by atoms with Crippen molar-refractivity contribution in [3.63, 3.8) is 0 Å². The van der Waals surface area contributed by atoms with Gasteiger partial charge < -0.3 is 9.84 Å². The van der Waals surface area contributed by atoms with E-state index in [2.05, 4.69) is 4.74 Å². The number of halogens is 3. The standard InChI is InChI=1S/C10H6ClF2NO3/c11-3-5-1-2-7(17-10(12)13)6(4-14)8(5)9(15)16/h1-2,10H,3H2,(H,15,16). The van der Waals surface area contributed by atoms with E-state index in [4.69, 9.17) is 22.0 Å². The summed E-state index contributed by atoms with van der Waals surface area (Å²) >= 11 is 5.50. The van der Waals surface area contributed by atoms with E-state index in [1.807, 2.05) is 0 Å². The molecule has 0 aliphatic heterocycles. The molecule has 90 valence electrons. The summed E-state index contributed by atoms with van der Waals surface area (Å²) in [7, 11) is 0. The minimum Gasteiger partial charge on any atom is -0.478 e. The first-order chi connectivity index (χ1) is 8.01. The molecule has 0 spiro atoms. The monoisotopic (exact) mass is 261 g/mol. The molecule has 7 heteroatoms. The van der Waals surface area contributed by atoms with E-state index >= 15 is 0 Å². The second-order valence-electron chi connectivity index (χ2n) is 2.90. The number of rotatable bonds is 4. The van der Waals surface area contributed by atoms with Gasteiger partial charge in [0.1, 0.15) is 17.4 Å². The number of hydrogen-bond acceptors (Lipinski definition) is 3. The molecule has 0 unspecified atom stereocenters. The fraction of sp³-hybridized carbons (Fsp3) is 0.200. The minimum absolute atomic E-state index is 0.148. The predicted octanol–water partition coefficient (Wildman–Crippen LogP) is 2.60. The molecule has 0 aromatic heterocycles. The lowest BCUT2D eigenvalue weighted by Crippen LogP contribution is -2.09. The number of alkyl halides is 3. The molecule has 0 atom stereocenters. The van der Waals surface area contributed by atoms with E-state index in [1.165, 1.54) is 12.1 Å². The summed E-state index contributed by atoms with van der Waals surface area (Å²) in [6.45, 7) is -3.13. The molecular weight excluding hydrogens is 256 g/mol. The van der Waals surface area contributed by atoms with Crippen LogP contribution < -0.4 is 4.74 Å². The lowest BCUT2D eigenvalue weighted by Gasteiger charge is -2.10. The summed E-state index contributed by atoms with van der Waals surface area (Å²) in [5.41, 5.74) is -0.714. The lowest BCUT2D eigenvalue weighted by molar-refractivity contribution is -0.0501. The first-order valence-corrected chi connectivity index (χ1v) is 4.84. The van der Waals surface area contributed by atoms with E-state index < -0.39 is 29.5 Å². The number of ether oxygens (including phenoxy) is 1. The minimum atomic E-state index is -3.13. The van der Waals surface area contributed by atoms with Gasteiger partial charge >= 0.3 is 12.6 Å². The van der Waals surface area contributed by atoms with Crippen molar-refractivity contribution in [1.29, 1.82) is 5.26 Å². The Bertz CT molecular complexity index is 485. The molecule has 0 amide bonds. The van der Waals surface area contributed by atoms with Crippen LogP contribution in [0.5, 0.6) is 5.75 Å². The third-order valence-electron chi connectivity index (χ3n) is 1.94. The molecule has 0 radical (unpaired) electrons. The SMILES string of the molecule is N#Cc1c(OC(F)F)ccc(CCl)c1C(=O)O. The van der Waals surface area contributed by atoms with Crippen LogP contribution in [0.2, 0.25) is 0 Å². The van der Waals surface area contributed by atoms with E-state index in [0.29, 0.717) is 0 Å². The van der Waals surface area contributed by atoms with Crippen LogP contribution in [-0.2, 0) is 5.88 Å². The topological polar surface area (TPSA) is 70.3 Å². The first-order valence-electron chi connectivity index (χ1n) is 4.31. The molecule has 0 heterocycles. The molecule has 1 aromatic rings. The van der Waals surface area contributed by atoms with Crippen molar-refractivity contribution in [2.24, 2.45) is 0 Å². The fourth-order valence-corrected chi connectivity index (χ4v) is 1.51. The Hall–Kier alpha value is -1.87. The maximum absolute atomic E-state index is 12.0. The van der Waals surface area contributed by atoms with Crippen LogP contribution >= 0.6 is 11.6 Å². The number of carbonyl (C=O) groups is 1. The van der Waals surface area contributed by atoms with Crippen LogP contribution in [0.15, 0.2) is 12.1 Å². The average Bonchev–Trinajstić information content (AvgIpc) is 2.27. The van der Waals surface area contributed by atoms with Gasteiger partial charge in [-0.05, 0) is 11.6 Å². The molecule has 0 bridgehead atoms. The Morgan fingerprint density at radius 1 is 1.59 bits per heavy atom. The second kappa shape index (κ2) is 5.46. The highest BCUT2D eigenvalue weighted by Crippen LogP contribution is 2.27. The van der Waals surface area contributed by atoms with Crippen molar-refractivity contribution in [2.75, 3.05) is 0 Å². The van der Waals surface area contributed by atoms with Crippen molar-refractivity contribution in [3.05, 3.63) is 28.8 Å². The Balaban J connectivity index is 3.42. The molecule has 4 nitrogen and oxygen atoms in total. The van der Waals surface area contributed by atoms with Crippen molar-refractivity contribution in [2.45, 2.75) is 12.5 Å². The summed E-state index contributed by atoms with van der Waals surface area (Å²) in [5.74, 6) is -2.05. The predicted molar refractivity (Wildman–Crippen MR) is 54.3 cm³/mol. The Kier molecular flexibility index (Phi) is 4.24. The zero-order chi connectivity index (χ0) is 13.0. The summed E-state index contributed by atoms with van der Waals surface area (Å²) in [6, 6.07) is 3.85. The van der Waals surface area contributed by atoms with Gasteiger partial charge in [0, 0.05) is 5.88 Å². The molecule has 0 saturated carbocycles. The molecule has 0 aliphatic carbocycles. The summed E-state index contributed by atoms with van der Waals surface area (Å²) < 4.78 is 28.2. The number of carboxylic acid groups (broad SMARTS) is 1. The van der Waals surface area contributed by atoms with Crippen LogP contribution in [0.4, 0.5) is 8.78 Å². The average molecular weight is 262 g/mol. The van der Waals surface area contributed by atoms with Gasteiger partial charge in [0.05, 0.1) is 5.56 Å². The summed E-state index contributed by atoms with van der Waals surface area (Å²) in [6.07, 6.45) is 0. The number of aromatic carboxylic acids is 1. The van der Waals surface area contributed by atoms with Gasteiger partial charge in [-0.15, -0.1) is 11.6 Å². The summed E-state index contributed by atoms with van der Waals surface area (Å²) in [4.78, 5) is 10.9. The van der Waals surface area contributed by atoms with Gasteiger partial charge in [-0.1, -0.05) is 6.07 Å². The van der Waals surface area contributed by atoms with Gasteiger partial charge in [-0.2, -0.15) is 14.0 Å². The fourth-order valence-electron chi connectivity index (χ4n) is 1.29. The third kappa shape index (κ3) is 2.82. The number of benzene rings is 1. The highest BCUT2D eigenvalue weighted by Gasteiger charge is 2.21. The Labute approximate surface area is 100.0 Å². The molecule has 1 aromatic carbocycles. The van der Waals surface area contributed by atoms with E-state index in [9.17, 15) is 13.6 Å². The number of nitriles is 1. The maximum Gasteiger partial charge on any atom is 0.387 e. The molecular formula is C10H6ClF2NO3. The molecule has 1 rings (SSSR count). The van der Waals surface area contributed by atoms with Crippen LogP contribution in [0.3, 0.4) is 0 Å². The number of nitrogens with zero attached hydrogens (tertiary/aromatic N) is 1. The normalized spacial score (nSPS) is 10.1. The third-order valence-corrected chi connectivity index (χ3v) is 2.23. The summed E-state index contributed by atoms with van der Waals surface area (Å²) in [5, 5.41) is 17.7. The van der Waals surface area contributed by atoms with Gasteiger partial charge in [0.2, 0.25) is 0 Å².